The molecule has 0 N–H and O–H groups in total. The Morgan fingerprint density at radius 2 is 1.38 bits per heavy atom. The number of benzene rings is 3. The normalized spacial score (nSPS) is 18.1. The van der Waals surface area contributed by atoms with Gasteiger partial charge in [-0.3, -0.25) is 0 Å². The minimum Gasteiger partial charge on any atom is -0.464 e. The van der Waals surface area contributed by atoms with Crippen molar-refractivity contribution in [2.24, 2.45) is 0 Å². The molecule has 1 fully saturated rings. The molecule has 5 rings (SSSR count). The molecule has 0 amide bonds. The monoisotopic (exact) mass is 426 g/mol. The van der Waals surface area contributed by atoms with Crippen molar-refractivity contribution in [3.8, 4) is 16.9 Å². The van der Waals surface area contributed by atoms with Crippen molar-refractivity contribution < 1.29 is 9.47 Å². The van der Waals surface area contributed by atoms with Crippen LogP contribution in [0.5, 0.6) is 5.75 Å². The van der Waals surface area contributed by atoms with Crippen LogP contribution in [0, 0.1) is 0 Å². The average Bonchev–Trinajstić information content (AvgIpc) is 3.19. The Hall–Kier alpha value is -2.58. The summed E-state index contributed by atoms with van der Waals surface area (Å²) in [5, 5.41) is 0. The maximum atomic E-state index is 6.77. The van der Waals surface area contributed by atoms with Gasteiger partial charge in [0.05, 0.1) is 12.0 Å². The number of fused-ring (bicyclic) bond motifs is 3. The van der Waals surface area contributed by atoms with Crippen LogP contribution in [0.3, 0.4) is 0 Å². The lowest BCUT2D eigenvalue weighted by atomic mass is 9.94. The zero-order valence-electron chi connectivity index (χ0n) is 19.3. The molecule has 0 saturated heterocycles. The van der Waals surface area contributed by atoms with Crippen LogP contribution in [-0.4, -0.2) is 12.4 Å². The van der Waals surface area contributed by atoms with Gasteiger partial charge in [0.15, 0.2) is 0 Å². The van der Waals surface area contributed by atoms with E-state index < -0.39 is 0 Å². The van der Waals surface area contributed by atoms with Crippen LogP contribution in [0.2, 0.25) is 0 Å². The van der Waals surface area contributed by atoms with Crippen molar-refractivity contribution in [2.45, 2.75) is 76.6 Å². The van der Waals surface area contributed by atoms with Crippen molar-refractivity contribution in [3.63, 3.8) is 0 Å². The average molecular weight is 427 g/mol. The van der Waals surface area contributed by atoms with E-state index in [0.29, 0.717) is 5.92 Å². The number of hydrogen-bond acceptors (Lipinski definition) is 2. The van der Waals surface area contributed by atoms with E-state index >= 15 is 0 Å². The summed E-state index contributed by atoms with van der Waals surface area (Å²) in [4.78, 5) is 0. The van der Waals surface area contributed by atoms with Gasteiger partial charge in [-0.2, -0.15) is 0 Å². The number of rotatable bonds is 7. The minimum atomic E-state index is -0.336. The first-order chi connectivity index (χ1) is 15.7. The Bertz CT molecular complexity index is 987. The van der Waals surface area contributed by atoms with Crippen molar-refractivity contribution in [2.75, 3.05) is 0 Å². The van der Waals surface area contributed by atoms with E-state index in [0.717, 1.165) is 25.0 Å². The Balaban J connectivity index is 1.49. The van der Waals surface area contributed by atoms with Crippen LogP contribution >= 0.6 is 0 Å². The van der Waals surface area contributed by atoms with Crippen LogP contribution in [0.15, 0.2) is 72.8 Å². The Labute approximate surface area is 192 Å². The molecule has 2 nitrogen and oxygen atoms in total. The van der Waals surface area contributed by atoms with Crippen LogP contribution in [0.4, 0.5) is 0 Å². The Morgan fingerprint density at radius 3 is 1.97 bits per heavy atom. The standard InChI is InChI=1S/C30H34O2/c1-3-21(2)22-17-19-24(20-18-22)32-30(31-23-11-5-4-6-12-23)29-27-15-9-7-13-25(27)26-14-8-10-16-28(26)29/h7-10,13-21,23,29-30H,3-6,11-12H2,1-2H3. The van der Waals surface area contributed by atoms with E-state index in [1.54, 1.807) is 0 Å². The maximum absolute atomic E-state index is 6.77. The van der Waals surface area contributed by atoms with E-state index in [9.17, 15) is 0 Å². The first-order valence-corrected chi connectivity index (χ1v) is 12.3. The summed E-state index contributed by atoms with van der Waals surface area (Å²) in [5.41, 5.74) is 6.60. The van der Waals surface area contributed by atoms with Gasteiger partial charge >= 0.3 is 0 Å². The Kier molecular flexibility index (Phi) is 6.32. The molecule has 32 heavy (non-hydrogen) atoms. The molecule has 0 heterocycles. The summed E-state index contributed by atoms with van der Waals surface area (Å²) in [6, 6.07) is 26.1. The van der Waals surface area contributed by atoms with E-state index in [1.165, 1.54) is 47.1 Å². The third-order valence-corrected chi connectivity index (χ3v) is 7.35. The van der Waals surface area contributed by atoms with Crippen LogP contribution in [-0.2, 0) is 4.74 Å². The van der Waals surface area contributed by atoms with Gasteiger partial charge in [0, 0.05) is 0 Å². The van der Waals surface area contributed by atoms with Crippen LogP contribution < -0.4 is 4.74 Å². The van der Waals surface area contributed by atoms with Gasteiger partial charge < -0.3 is 9.47 Å². The second-order valence-corrected chi connectivity index (χ2v) is 9.41. The highest BCUT2D eigenvalue weighted by molar-refractivity contribution is 5.79. The lowest BCUT2D eigenvalue weighted by molar-refractivity contribution is -0.134. The van der Waals surface area contributed by atoms with Crippen LogP contribution in [0.1, 0.15) is 80.9 Å². The molecule has 0 spiro atoms. The fourth-order valence-corrected chi connectivity index (χ4v) is 5.30. The SMILES string of the molecule is CCC(C)c1ccc(OC(OC2CCCCC2)C2c3ccccc3-c3ccccc32)cc1. The van der Waals surface area contributed by atoms with Crippen molar-refractivity contribution in [1.29, 1.82) is 0 Å². The van der Waals surface area contributed by atoms with Gasteiger partial charge in [0.1, 0.15) is 5.75 Å². The van der Waals surface area contributed by atoms with Crippen LogP contribution in [0.25, 0.3) is 11.1 Å². The molecule has 1 saturated carbocycles. The number of hydrogen-bond donors (Lipinski definition) is 0. The fraction of sp³-hybridized carbons (Fsp3) is 0.400. The lowest BCUT2D eigenvalue weighted by Gasteiger charge is -2.32. The molecule has 0 radical (unpaired) electrons. The second kappa shape index (κ2) is 9.50. The zero-order chi connectivity index (χ0) is 21.9. The van der Waals surface area contributed by atoms with E-state index in [4.69, 9.17) is 9.47 Å². The molecule has 2 heteroatoms. The van der Waals surface area contributed by atoms with Crippen molar-refractivity contribution in [1.82, 2.24) is 0 Å². The number of ether oxygens (including phenoxy) is 2. The molecule has 2 aliphatic rings. The van der Waals surface area contributed by atoms with E-state index in [-0.39, 0.29) is 18.3 Å². The van der Waals surface area contributed by atoms with Gasteiger partial charge in [-0.05, 0) is 65.1 Å². The maximum Gasteiger partial charge on any atom is 0.211 e. The minimum absolute atomic E-state index is 0.0820. The van der Waals surface area contributed by atoms with E-state index in [2.05, 4.69) is 86.6 Å². The summed E-state index contributed by atoms with van der Waals surface area (Å²) >= 11 is 0. The fourth-order valence-electron chi connectivity index (χ4n) is 5.30. The summed E-state index contributed by atoms with van der Waals surface area (Å²) in [7, 11) is 0. The summed E-state index contributed by atoms with van der Waals surface area (Å²) in [6.45, 7) is 4.51. The quantitative estimate of drug-likeness (QED) is 0.356. The van der Waals surface area contributed by atoms with Gasteiger partial charge in [-0.25, -0.2) is 0 Å². The third-order valence-electron chi connectivity index (χ3n) is 7.35. The highest BCUT2D eigenvalue weighted by Crippen LogP contribution is 2.47. The summed E-state index contributed by atoms with van der Waals surface area (Å²) in [6.07, 6.45) is 7.15. The largest absolute Gasteiger partial charge is 0.464 e. The first-order valence-electron chi connectivity index (χ1n) is 12.3. The van der Waals surface area contributed by atoms with Crippen molar-refractivity contribution in [3.05, 3.63) is 89.5 Å². The highest BCUT2D eigenvalue weighted by atomic mass is 16.7. The molecular weight excluding hydrogens is 392 g/mol. The zero-order valence-corrected chi connectivity index (χ0v) is 19.3. The molecule has 166 valence electrons. The molecule has 0 bridgehead atoms. The molecule has 2 atom stereocenters. The highest BCUT2D eigenvalue weighted by Gasteiger charge is 2.37. The predicted molar refractivity (Wildman–Crippen MR) is 131 cm³/mol. The van der Waals surface area contributed by atoms with Crippen molar-refractivity contribution >= 4 is 0 Å². The second-order valence-electron chi connectivity index (χ2n) is 9.41. The molecule has 2 aliphatic carbocycles. The molecule has 0 aliphatic heterocycles. The van der Waals surface area contributed by atoms with Gasteiger partial charge in [-0.1, -0.05) is 93.8 Å². The molecule has 3 aromatic carbocycles. The molecule has 0 aromatic heterocycles. The van der Waals surface area contributed by atoms with E-state index in [1.807, 2.05) is 0 Å². The summed E-state index contributed by atoms with van der Waals surface area (Å²) in [5.74, 6) is 1.53. The smallest absolute Gasteiger partial charge is 0.211 e. The topological polar surface area (TPSA) is 18.5 Å². The van der Waals surface area contributed by atoms with Gasteiger partial charge in [0.25, 0.3) is 0 Å². The first kappa shape index (κ1) is 21.3. The summed E-state index contributed by atoms with van der Waals surface area (Å²) < 4.78 is 13.4. The molecule has 3 aromatic rings. The Morgan fingerprint density at radius 1 is 0.781 bits per heavy atom. The van der Waals surface area contributed by atoms with Gasteiger partial charge in [-0.15, -0.1) is 0 Å². The third kappa shape index (κ3) is 4.21. The van der Waals surface area contributed by atoms with Gasteiger partial charge in [0.2, 0.25) is 6.29 Å². The predicted octanol–water partition coefficient (Wildman–Crippen LogP) is 8.07. The molecule has 2 unspecified atom stereocenters. The lowest BCUT2D eigenvalue weighted by Crippen LogP contribution is -2.33. The molecular formula is C30H34O2.